The summed E-state index contributed by atoms with van der Waals surface area (Å²) in [5.41, 5.74) is 6.85. The predicted molar refractivity (Wildman–Crippen MR) is 81.8 cm³/mol. The highest BCUT2D eigenvalue weighted by atomic mass is 79.9. The van der Waals surface area contributed by atoms with Crippen molar-refractivity contribution in [2.24, 2.45) is 11.7 Å². The molecule has 0 spiro atoms. The first-order valence-corrected chi connectivity index (χ1v) is 8.17. The van der Waals surface area contributed by atoms with Gasteiger partial charge in [0.25, 0.3) is 0 Å². The fourth-order valence-electron chi connectivity index (χ4n) is 2.90. The number of rotatable bonds is 2. The molecule has 0 radical (unpaired) electrons. The molecular weight excluding hydrogens is 329 g/mol. The Kier molecular flexibility index (Phi) is 5.67. The Morgan fingerprint density at radius 3 is 2.37 bits per heavy atom. The van der Waals surface area contributed by atoms with Crippen LogP contribution in [-0.4, -0.2) is 0 Å². The molecule has 1 aliphatic rings. The predicted octanol–water partition coefficient (Wildman–Crippen LogP) is 5.60. The van der Waals surface area contributed by atoms with E-state index < -0.39 is 0 Å². The van der Waals surface area contributed by atoms with Crippen LogP contribution in [0.5, 0.6) is 0 Å². The van der Waals surface area contributed by atoms with E-state index in [1.807, 2.05) is 0 Å². The number of hydrogen-bond acceptors (Lipinski definition) is 1. The van der Waals surface area contributed by atoms with Crippen LogP contribution in [0, 0.1) is 11.7 Å². The Hall–Kier alpha value is -0.120. The number of hydrogen-bond donors (Lipinski definition) is 1. The second kappa shape index (κ2) is 7.05. The smallest absolute Gasteiger partial charge is 0.147 e. The van der Waals surface area contributed by atoms with Gasteiger partial charge >= 0.3 is 0 Å². The third-order valence-corrected chi connectivity index (χ3v) is 5.34. The van der Waals surface area contributed by atoms with E-state index in [2.05, 4.69) is 15.9 Å². The van der Waals surface area contributed by atoms with E-state index in [9.17, 15) is 4.39 Å². The van der Waals surface area contributed by atoms with Crippen molar-refractivity contribution in [1.29, 1.82) is 0 Å². The lowest BCUT2D eigenvalue weighted by Gasteiger charge is -2.26. The summed E-state index contributed by atoms with van der Waals surface area (Å²) in [6, 6.07) is 3.29. The highest BCUT2D eigenvalue weighted by Gasteiger charge is 2.24. The molecule has 106 valence electrons. The number of benzene rings is 1. The van der Waals surface area contributed by atoms with E-state index >= 15 is 0 Å². The monoisotopic (exact) mass is 347 g/mol. The summed E-state index contributed by atoms with van der Waals surface area (Å²) in [5.74, 6) is -0.00218. The van der Waals surface area contributed by atoms with Crippen LogP contribution in [0.25, 0.3) is 0 Å². The van der Waals surface area contributed by atoms with Gasteiger partial charge in [0.1, 0.15) is 5.82 Å². The molecule has 1 aromatic rings. The Bertz CT molecular complexity index is 430. The molecule has 1 atom stereocenters. The summed E-state index contributed by atoms with van der Waals surface area (Å²) in [6.45, 7) is 0. The fourth-order valence-corrected chi connectivity index (χ4v) is 3.38. The third kappa shape index (κ3) is 3.71. The maximum atomic E-state index is 14.2. The van der Waals surface area contributed by atoms with Gasteiger partial charge in [0.2, 0.25) is 0 Å². The summed E-state index contributed by atoms with van der Waals surface area (Å²) >= 11 is 9.18. The molecule has 1 fully saturated rings. The average molecular weight is 349 g/mol. The summed E-state index contributed by atoms with van der Waals surface area (Å²) in [7, 11) is 0. The van der Waals surface area contributed by atoms with Gasteiger partial charge in [-0.05, 0) is 40.8 Å². The van der Waals surface area contributed by atoms with Crippen molar-refractivity contribution in [3.8, 4) is 0 Å². The first-order valence-electron chi connectivity index (χ1n) is 7.00. The molecule has 1 nitrogen and oxygen atoms in total. The van der Waals surface area contributed by atoms with E-state index in [0.29, 0.717) is 16.0 Å². The van der Waals surface area contributed by atoms with Gasteiger partial charge in [0, 0.05) is 16.1 Å². The first kappa shape index (κ1) is 15.3. The van der Waals surface area contributed by atoms with Crippen molar-refractivity contribution >= 4 is 27.5 Å². The van der Waals surface area contributed by atoms with Gasteiger partial charge < -0.3 is 5.73 Å². The molecule has 2 rings (SSSR count). The molecule has 0 saturated heterocycles. The quantitative estimate of drug-likeness (QED) is 0.691. The largest absolute Gasteiger partial charge is 0.324 e. The molecule has 0 heterocycles. The summed E-state index contributed by atoms with van der Waals surface area (Å²) < 4.78 is 14.8. The van der Waals surface area contributed by atoms with Crippen molar-refractivity contribution in [2.45, 2.75) is 51.0 Å². The summed E-state index contributed by atoms with van der Waals surface area (Å²) in [5, 5.41) is 0.138. The van der Waals surface area contributed by atoms with Gasteiger partial charge in [-0.1, -0.05) is 49.8 Å². The van der Waals surface area contributed by atoms with Gasteiger partial charge in [-0.3, -0.25) is 0 Å². The first-order chi connectivity index (χ1) is 9.11. The lowest BCUT2D eigenvalue weighted by atomic mass is 9.83. The zero-order chi connectivity index (χ0) is 13.8. The van der Waals surface area contributed by atoms with Crippen molar-refractivity contribution in [2.75, 3.05) is 0 Å². The molecule has 4 heteroatoms. The average Bonchev–Trinajstić information content (AvgIpc) is 2.35. The van der Waals surface area contributed by atoms with Crippen molar-refractivity contribution in [3.05, 3.63) is 33.0 Å². The zero-order valence-electron chi connectivity index (χ0n) is 11.0. The molecule has 1 aromatic carbocycles. The minimum absolute atomic E-state index is 0.138. The van der Waals surface area contributed by atoms with E-state index in [0.717, 1.165) is 12.8 Å². The Morgan fingerprint density at radius 1 is 1.16 bits per heavy atom. The van der Waals surface area contributed by atoms with Crippen molar-refractivity contribution < 1.29 is 4.39 Å². The lowest BCUT2D eigenvalue weighted by Crippen LogP contribution is -2.23. The van der Waals surface area contributed by atoms with E-state index in [1.54, 1.807) is 12.1 Å². The van der Waals surface area contributed by atoms with Crippen LogP contribution in [0.2, 0.25) is 5.02 Å². The molecular formula is C15H20BrClFN. The third-order valence-electron chi connectivity index (χ3n) is 4.08. The van der Waals surface area contributed by atoms with Gasteiger partial charge in [-0.15, -0.1) is 0 Å². The van der Waals surface area contributed by atoms with Crippen LogP contribution in [0.3, 0.4) is 0 Å². The number of nitrogens with two attached hydrogens (primary N) is 1. The van der Waals surface area contributed by atoms with Gasteiger partial charge in [-0.25, -0.2) is 4.39 Å². The molecule has 1 saturated carbocycles. The van der Waals surface area contributed by atoms with Crippen LogP contribution in [0.4, 0.5) is 4.39 Å². The maximum Gasteiger partial charge on any atom is 0.147 e. The summed E-state index contributed by atoms with van der Waals surface area (Å²) in [4.78, 5) is 0. The molecule has 1 unspecified atom stereocenters. The number of halogens is 3. The van der Waals surface area contributed by atoms with E-state index in [4.69, 9.17) is 17.3 Å². The van der Waals surface area contributed by atoms with E-state index in [1.165, 1.54) is 32.1 Å². The zero-order valence-corrected chi connectivity index (χ0v) is 13.3. The van der Waals surface area contributed by atoms with Gasteiger partial charge in [0.15, 0.2) is 0 Å². The lowest BCUT2D eigenvalue weighted by molar-refractivity contribution is 0.322. The van der Waals surface area contributed by atoms with Crippen LogP contribution in [0.15, 0.2) is 16.6 Å². The topological polar surface area (TPSA) is 26.0 Å². The Labute approximate surface area is 127 Å². The highest BCUT2D eigenvalue weighted by molar-refractivity contribution is 9.10. The highest BCUT2D eigenvalue weighted by Crippen LogP contribution is 2.36. The standard InChI is InChI=1S/C15H20BrClFN/c16-12-9-8-11(14(18)13(12)17)15(19)10-6-4-2-1-3-5-7-10/h8-10,15H,1-7,19H2. The SMILES string of the molecule is NC(c1ccc(Br)c(Cl)c1F)C1CCCCCCC1. The van der Waals surface area contributed by atoms with E-state index in [-0.39, 0.29) is 16.9 Å². The van der Waals surface area contributed by atoms with Gasteiger partial charge in [-0.2, -0.15) is 0 Å². The summed E-state index contributed by atoms with van der Waals surface area (Å²) in [6.07, 6.45) is 8.44. The van der Waals surface area contributed by atoms with Crippen molar-refractivity contribution in [1.82, 2.24) is 0 Å². The van der Waals surface area contributed by atoms with Crippen LogP contribution >= 0.6 is 27.5 Å². The van der Waals surface area contributed by atoms with Crippen LogP contribution < -0.4 is 5.73 Å². The Morgan fingerprint density at radius 2 is 1.74 bits per heavy atom. The van der Waals surface area contributed by atoms with Crippen molar-refractivity contribution in [3.63, 3.8) is 0 Å². The molecule has 0 aromatic heterocycles. The minimum atomic E-state index is -0.370. The second-order valence-electron chi connectivity index (χ2n) is 5.40. The molecule has 0 amide bonds. The van der Waals surface area contributed by atoms with Crippen LogP contribution in [-0.2, 0) is 0 Å². The normalized spacial score (nSPS) is 19.8. The molecule has 0 bridgehead atoms. The maximum absolute atomic E-state index is 14.2. The fraction of sp³-hybridized carbons (Fsp3) is 0.600. The molecule has 1 aliphatic carbocycles. The Balaban J connectivity index is 2.17. The van der Waals surface area contributed by atoms with Gasteiger partial charge in [0.05, 0.1) is 5.02 Å². The second-order valence-corrected chi connectivity index (χ2v) is 6.63. The van der Waals surface area contributed by atoms with Crippen LogP contribution in [0.1, 0.15) is 56.6 Å². The minimum Gasteiger partial charge on any atom is -0.324 e. The molecule has 2 N–H and O–H groups in total. The molecule has 0 aliphatic heterocycles. The molecule has 19 heavy (non-hydrogen) atoms.